The molecule has 1 aromatic carbocycles. The van der Waals surface area contributed by atoms with Crippen LogP contribution in [0.1, 0.15) is 51.9 Å². The van der Waals surface area contributed by atoms with Gasteiger partial charge in [0.25, 0.3) is 0 Å². The highest BCUT2D eigenvalue weighted by molar-refractivity contribution is 5.89. The fourth-order valence-corrected chi connectivity index (χ4v) is 4.50. The number of carbonyl (C=O) groups excluding carboxylic acids is 1. The minimum absolute atomic E-state index is 0.243. The molecule has 1 atom stereocenters. The van der Waals surface area contributed by atoms with Gasteiger partial charge in [0, 0.05) is 12.1 Å². The number of carbonyl (C=O) groups is 2. The molecule has 8 heteroatoms. The summed E-state index contributed by atoms with van der Waals surface area (Å²) in [5, 5.41) is 18.4. The SMILES string of the molecule is CC1(N(C(=O)OCC2CCC(COCC(=O)O)CC2)c2ccc(F)cc2)CC=C(O)CC1. The van der Waals surface area contributed by atoms with Crippen LogP contribution in [0, 0.1) is 17.7 Å². The van der Waals surface area contributed by atoms with Crippen LogP contribution < -0.4 is 4.90 Å². The fraction of sp³-hybridized carbons (Fsp3) is 0.583. The van der Waals surface area contributed by atoms with Gasteiger partial charge in [0.1, 0.15) is 12.4 Å². The maximum absolute atomic E-state index is 13.5. The molecule has 1 saturated carbocycles. The van der Waals surface area contributed by atoms with E-state index in [-0.39, 0.29) is 18.3 Å². The number of halogens is 1. The van der Waals surface area contributed by atoms with E-state index in [4.69, 9.17) is 14.6 Å². The van der Waals surface area contributed by atoms with Crippen LogP contribution in [0.25, 0.3) is 0 Å². The van der Waals surface area contributed by atoms with E-state index in [0.29, 0.717) is 49.8 Å². The number of rotatable bonds is 8. The van der Waals surface area contributed by atoms with Crippen molar-refractivity contribution in [2.24, 2.45) is 11.8 Å². The first-order valence-electron chi connectivity index (χ1n) is 11.2. The van der Waals surface area contributed by atoms with Gasteiger partial charge >= 0.3 is 12.1 Å². The van der Waals surface area contributed by atoms with Crippen molar-refractivity contribution in [2.75, 3.05) is 24.7 Å². The van der Waals surface area contributed by atoms with Gasteiger partial charge in [0.05, 0.1) is 24.5 Å². The van der Waals surface area contributed by atoms with E-state index in [2.05, 4.69) is 0 Å². The fourth-order valence-electron chi connectivity index (χ4n) is 4.50. The van der Waals surface area contributed by atoms with E-state index < -0.39 is 17.6 Å². The van der Waals surface area contributed by atoms with Crippen LogP contribution in [0.15, 0.2) is 36.1 Å². The number of amides is 1. The number of allylic oxidation sites excluding steroid dienone is 1. The lowest BCUT2D eigenvalue weighted by atomic mass is 9.83. The van der Waals surface area contributed by atoms with E-state index in [0.717, 1.165) is 25.7 Å². The van der Waals surface area contributed by atoms with Gasteiger partial charge < -0.3 is 19.7 Å². The molecule has 2 aliphatic rings. The number of ether oxygens (including phenoxy) is 2. The number of nitrogens with zero attached hydrogens (tertiary/aromatic N) is 1. The number of aliphatic hydroxyl groups is 1. The molecule has 2 aliphatic carbocycles. The quantitative estimate of drug-likeness (QED) is 0.576. The minimum atomic E-state index is -0.964. The first-order chi connectivity index (χ1) is 15.3. The van der Waals surface area contributed by atoms with Crippen molar-refractivity contribution in [3.05, 3.63) is 41.9 Å². The highest BCUT2D eigenvalue weighted by atomic mass is 19.1. The summed E-state index contributed by atoms with van der Waals surface area (Å²) in [6.45, 7) is 2.41. The van der Waals surface area contributed by atoms with Crippen LogP contribution in [0.5, 0.6) is 0 Å². The van der Waals surface area contributed by atoms with Crippen molar-refractivity contribution in [3.8, 4) is 0 Å². The molecule has 0 heterocycles. The predicted octanol–water partition coefficient (Wildman–Crippen LogP) is 5.06. The molecule has 0 bridgehead atoms. The summed E-state index contributed by atoms with van der Waals surface area (Å²) in [7, 11) is 0. The number of aliphatic carboxylic acids is 1. The molecule has 1 unspecified atom stereocenters. The lowest BCUT2D eigenvalue weighted by Crippen LogP contribution is -2.51. The second-order valence-electron chi connectivity index (χ2n) is 9.08. The Bertz CT molecular complexity index is 818. The van der Waals surface area contributed by atoms with Gasteiger partial charge in [-0.3, -0.25) is 4.90 Å². The molecule has 1 amide bonds. The van der Waals surface area contributed by atoms with Gasteiger partial charge in [0.2, 0.25) is 0 Å². The zero-order valence-corrected chi connectivity index (χ0v) is 18.5. The van der Waals surface area contributed by atoms with Crippen LogP contribution in [-0.4, -0.2) is 47.6 Å². The number of carboxylic acid groups (broad SMARTS) is 1. The summed E-state index contributed by atoms with van der Waals surface area (Å²) in [6.07, 6.45) is 6.36. The van der Waals surface area contributed by atoms with Crippen molar-refractivity contribution >= 4 is 17.7 Å². The van der Waals surface area contributed by atoms with E-state index >= 15 is 0 Å². The van der Waals surface area contributed by atoms with Crippen LogP contribution in [0.3, 0.4) is 0 Å². The van der Waals surface area contributed by atoms with E-state index in [1.807, 2.05) is 6.92 Å². The second-order valence-corrected chi connectivity index (χ2v) is 9.08. The van der Waals surface area contributed by atoms with E-state index in [9.17, 15) is 19.1 Å². The molecule has 0 spiro atoms. The zero-order valence-electron chi connectivity index (χ0n) is 18.5. The highest BCUT2D eigenvalue weighted by Gasteiger charge is 2.39. The molecular weight excluding hydrogens is 417 g/mol. The highest BCUT2D eigenvalue weighted by Crippen LogP contribution is 2.36. The summed E-state index contributed by atoms with van der Waals surface area (Å²) >= 11 is 0. The molecule has 32 heavy (non-hydrogen) atoms. The molecule has 1 fully saturated rings. The normalized spacial score (nSPS) is 25.6. The molecule has 0 radical (unpaired) electrons. The largest absolute Gasteiger partial charge is 0.513 e. The summed E-state index contributed by atoms with van der Waals surface area (Å²) in [5.41, 5.74) is -0.0201. The molecule has 0 saturated heterocycles. The summed E-state index contributed by atoms with van der Waals surface area (Å²) < 4.78 is 24.4. The summed E-state index contributed by atoms with van der Waals surface area (Å²) in [6, 6.07) is 5.79. The zero-order chi connectivity index (χ0) is 23.1. The molecule has 2 N–H and O–H groups in total. The van der Waals surface area contributed by atoms with Crippen molar-refractivity contribution in [1.29, 1.82) is 0 Å². The first kappa shape index (κ1) is 24.0. The third-order valence-corrected chi connectivity index (χ3v) is 6.49. The molecule has 3 rings (SSSR count). The molecular formula is C24H32FNO6. The van der Waals surface area contributed by atoms with Crippen LogP contribution in [0.2, 0.25) is 0 Å². The molecule has 0 aliphatic heterocycles. The monoisotopic (exact) mass is 449 g/mol. The van der Waals surface area contributed by atoms with Crippen molar-refractivity contribution < 1.29 is 33.7 Å². The third kappa shape index (κ3) is 6.45. The molecule has 176 valence electrons. The maximum atomic E-state index is 13.5. The predicted molar refractivity (Wildman–Crippen MR) is 117 cm³/mol. The van der Waals surface area contributed by atoms with Crippen molar-refractivity contribution in [1.82, 2.24) is 0 Å². The van der Waals surface area contributed by atoms with E-state index in [1.54, 1.807) is 23.1 Å². The Kier molecular flexibility index (Phi) is 8.12. The van der Waals surface area contributed by atoms with Crippen molar-refractivity contribution in [2.45, 2.75) is 57.4 Å². The molecule has 1 aromatic rings. The Hall–Kier alpha value is -2.61. The van der Waals surface area contributed by atoms with Gasteiger partial charge in [-0.05, 0) is 87.6 Å². The lowest BCUT2D eigenvalue weighted by molar-refractivity contribution is -0.142. The molecule has 0 aromatic heterocycles. The Labute approximate surface area is 187 Å². The standard InChI is InChI=1S/C24H32FNO6/c1-24(12-10-21(27)11-13-24)26(20-8-6-19(25)7-9-20)23(30)32-15-18-4-2-17(3-5-18)14-31-16-22(28)29/h6-10,17-18,27H,2-5,11-16H2,1H3,(H,28,29). The maximum Gasteiger partial charge on any atom is 0.414 e. The van der Waals surface area contributed by atoms with Gasteiger partial charge in [0.15, 0.2) is 0 Å². The average Bonchev–Trinajstić information content (AvgIpc) is 2.77. The van der Waals surface area contributed by atoms with Crippen LogP contribution in [0.4, 0.5) is 14.9 Å². The Balaban J connectivity index is 1.58. The van der Waals surface area contributed by atoms with Gasteiger partial charge in [-0.1, -0.05) is 0 Å². The van der Waals surface area contributed by atoms with E-state index in [1.165, 1.54) is 12.1 Å². The smallest absolute Gasteiger partial charge is 0.414 e. The van der Waals surface area contributed by atoms with Gasteiger partial charge in [-0.25, -0.2) is 14.0 Å². The number of hydrogen-bond donors (Lipinski definition) is 2. The number of aliphatic hydroxyl groups excluding tert-OH is 1. The first-order valence-corrected chi connectivity index (χ1v) is 11.2. The number of benzene rings is 1. The number of hydrogen-bond acceptors (Lipinski definition) is 5. The van der Waals surface area contributed by atoms with Gasteiger partial charge in [-0.15, -0.1) is 0 Å². The van der Waals surface area contributed by atoms with Gasteiger partial charge in [-0.2, -0.15) is 0 Å². The third-order valence-electron chi connectivity index (χ3n) is 6.49. The Morgan fingerprint density at radius 3 is 2.31 bits per heavy atom. The average molecular weight is 450 g/mol. The second kappa shape index (κ2) is 10.8. The van der Waals surface area contributed by atoms with Crippen LogP contribution in [-0.2, 0) is 14.3 Å². The van der Waals surface area contributed by atoms with Crippen molar-refractivity contribution in [3.63, 3.8) is 0 Å². The lowest BCUT2D eigenvalue weighted by Gasteiger charge is -2.42. The minimum Gasteiger partial charge on any atom is -0.513 e. The van der Waals surface area contributed by atoms with Crippen LogP contribution >= 0.6 is 0 Å². The molecule has 7 nitrogen and oxygen atoms in total. The summed E-state index contributed by atoms with van der Waals surface area (Å²) in [5.74, 6) is -0.448. The Morgan fingerprint density at radius 2 is 1.75 bits per heavy atom. The Morgan fingerprint density at radius 1 is 1.12 bits per heavy atom. The topological polar surface area (TPSA) is 96.3 Å². The summed E-state index contributed by atoms with van der Waals surface area (Å²) in [4.78, 5) is 25.3. The number of carboxylic acids is 1. The number of anilines is 1.